The predicted octanol–water partition coefficient (Wildman–Crippen LogP) is 0.182. The summed E-state index contributed by atoms with van der Waals surface area (Å²) in [5.74, 6) is 0.364. The monoisotopic (exact) mass is 202 g/mol. The maximum absolute atomic E-state index is 11.0. The number of nitrogens with two attached hydrogens (primary N) is 1. The van der Waals surface area contributed by atoms with Gasteiger partial charge in [-0.15, -0.1) is 0 Å². The molecule has 1 aromatic rings. The van der Waals surface area contributed by atoms with Gasteiger partial charge in [0.25, 0.3) is 5.56 Å². The van der Waals surface area contributed by atoms with Gasteiger partial charge >= 0.3 is 0 Å². The van der Waals surface area contributed by atoms with Crippen molar-refractivity contribution in [2.75, 3.05) is 11.9 Å². The predicted molar refractivity (Wildman–Crippen MR) is 52.0 cm³/mol. The summed E-state index contributed by atoms with van der Waals surface area (Å²) in [5.41, 5.74) is 5.15. The molecule has 6 heteroatoms. The summed E-state index contributed by atoms with van der Waals surface area (Å²) in [5, 5.41) is 2.92. The van der Waals surface area contributed by atoms with E-state index in [0.29, 0.717) is 12.4 Å². The molecule has 0 aliphatic carbocycles. The van der Waals surface area contributed by atoms with E-state index in [2.05, 4.69) is 15.3 Å². The number of anilines is 1. The molecule has 1 unspecified atom stereocenters. The van der Waals surface area contributed by atoms with Gasteiger partial charge in [0.15, 0.2) is 5.82 Å². The average molecular weight is 203 g/mol. The SMILES string of the molecule is CC(N)CNc1nc[nH]c(=O)c1Cl. The van der Waals surface area contributed by atoms with Crippen LogP contribution in [0.1, 0.15) is 6.92 Å². The highest BCUT2D eigenvalue weighted by molar-refractivity contribution is 6.32. The molecule has 0 radical (unpaired) electrons. The lowest BCUT2D eigenvalue weighted by molar-refractivity contribution is 0.776. The second kappa shape index (κ2) is 4.25. The molecular formula is C7H11ClN4O. The van der Waals surface area contributed by atoms with Crippen molar-refractivity contribution < 1.29 is 0 Å². The molecule has 0 saturated heterocycles. The van der Waals surface area contributed by atoms with Crippen LogP contribution < -0.4 is 16.6 Å². The molecular weight excluding hydrogens is 192 g/mol. The van der Waals surface area contributed by atoms with E-state index in [4.69, 9.17) is 17.3 Å². The number of rotatable bonds is 3. The van der Waals surface area contributed by atoms with Crippen molar-refractivity contribution in [3.63, 3.8) is 0 Å². The van der Waals surface area contributed by atoms with Crippen LogP contribution in [0.15, 0.2) is 11.1 Å². The summed E-state index contributed by atoms with van der Waals surface area (Å²) in [6.45, 7) is 2.37. The fourth-order valence-corrected chi connectivity index (χ4v) is 0.934. The first-order valence-corrected chi connectivity index (χ1v) is 4.21. The third kappa shape index (κ3) is 2.71. The molecule has 0 amide bonds. The normalized spacial score (nSPS) is 12.5. The topological polar surface area (TPSA) is 83.8 Å². The molecule has 13 heavy (non-hydrogen) atoms. The lowest BCUT2D eigenvalue weighted by Crippen LogP contribution is -2.26. The molecule has 72 valence electrons. The Morgan fingerprint density at radius 2 is 2.54 bits per heavy atom. The third-order valence-electron chi connectivity index (χ3n) is 1.39. The minimum absolute atomic E-state index is 0.0165. The van der Waals surface area contributed by atoms with E-state index in [9.17, 15) is 4.79 Å². The lowest BCUT2D eigenvalue weighted by Gasteiger charge is -2.08. The summed E-state index contributed by atoms with van der Waals surface area (Å²) < 4.78 is 0. The van der Waals surface area contributed by atoms with Crippen LogP contribution in [-0.4, -0.2) is 22.6 Å². The Hall–Kier alpha value is -1.07. The van der Waals surface area contributed by atoms with E-state index in [1.54, 1.807) is 0 Å². The highest BCUT2D eigenvalue weighted by Crippen LogP contribution is 2.11. The van der Waals surface area contributed by atoms with Crippen LogP contribution in [0.2, 0.25) is 5.02 Å². The summed E-state index contributed by atoms with van der Waals surface area (Å²) in [6.07, 6.45) is 1.29. The molecule has 1 rings (SSSR count). The molecule has 0 aliphatic rings. The highest BCUT2D eigenvalue weighted by atomic mass is 35.5. The van der Waals surface area contributed by atoms with Crippen molar-refractivity contribution in [1.29, 1.82) is 0 Å². The van der Waals surface area contributed by atoms with Crippen molar-refractivity contribution in [3.05, 3.63) is 21.7 Å². The smallest absolute Gasteiger partial charge is 0.271 e. The number of H-pyrrole nitrogens is 1. The van der Waals surface area contributed by atoms with Gasteiger partial charge in [0.2, 0.25) is 0 Å². The minimum atomic E-state index is -0.358. The van der Waals surface area contributed by atoms with Crippen molar-refractivity contribution in [2.45, 2.75) is 13.0 Å². The van der Waals surface area contributed by atoms with Gasteiger partial charge in [-0.1, -0.05) is 11.6 Å². The molecule has 4 N–H and O–H groups in total. The first-order chi connectivity index (χ1) is 6.11. The van der Waals surface area contributed by atoms with Crippen molar-refractivity contribution in [3.8, 4) is 0 Å². The lowest BCUT2D eigenvalue weighted by atomic mass is 10.3. The van der Waals surface area contributed by atoms with Crippen LogP contribution >= 0.6 is 11.6 Å². The van der Waals surface area contributed by atoms with Crippen molar-refractivity contribution in [1.82, 2.24) is 9.97 Å². The zero-order chi connectivity index (χ0) is 9.84. The Kier molecular flexibility index (Phi) is 3.27. The summed E-state index contributed by atoms with van der Waals surface area (Å²) in [7, 11) is 0. The average Bonchev–Trinajstić information content (AvgIpc) is 2.07. The third-order valence-corrected chi connectivity index (χ3v) is 1.74. The van der Waals surface area contributed by atoms with Gasteiger partial charge in [0.1, 0.15) is 5.02 Å². The Labute approximate surface area is 80.3 Å². The second-order valence-electron chi connectivity index (χ2n) is 2.75. The summed E-state index contributed by atoms with van der Waals surface area (Å²) in [6, 6.07) is -0.0165. The second-order valence-corrected chi connectivity index (χ2v) is 3.13. The molecule has 1 aromatic heterocycles. The minimum Gasteiger partial charge on any atom is -0.367 e. The first-order valence-electron chi connectivity index (χ1n) is 3.84. The molecule has 1 atom stereocenters. The van der Waals surface area contributed by atoms with Gasteiger partial charge in [0.05, 0.1) is 6.33 Å². The van der Waals surface area contributed by atoms with Crippen LogP contribution in [0, 0.1) is 0 Å². The Morgan fingerprint density at radius 3 is 3.15 bits per heavy atom. The van der Waals surface area contributed by atoms with Gasteiger partial charge in [-0.3, -0.25) is 4.79 Å². The standard InChI is InChI=1S/C7H11ClN4O/c1-4(9)2-10-6-5(8)7(13)12-3-11-6/h3-4H,2,9H2,1H3,(H2,10,11,12,13). The molecule has 0 aromatic carbocycles. The Bertz CT molecular complexity index is 336. The van der Waals surface area contributed by atoms with Crippen molar-refractivity contribution in [2.24, 2.45) is 5.73 Å². The number of nitrogens with zero attached hydrogens (tertiary/aromatic N) is 1. The van der Waals surface area contributed by atoms with Crippen LogP contribution in [0.25, 0.3) is 0 Å². The number of hydrogen-bond donors (Lipinski definition) is 3. The maximum atomic E-state index is 11.0. The number of aromatic amines is 1. The number of nitrogens with one attached hydrogen (secondary N) is 2. The molecule has 5 nitrogen and oxygen atoms in total. The molecule has 0 saturated carbocycles. The Balaban J connectivity index is 2.77. The number of aromatic nitrogens is 2. The Morgan fingerprint density at radius 1 is 1.85 bits per heavy atom. The van der Waals surface area contributed by atoms with Crippen LogP contribution in [0.3, 0.4) is 0 Å². The van der Waals surface area contributed by atoms with E-state index in [1.807, 2.05) is 6.92 Å². The summed E-state index contributed by atoms with van der Waals surface area (Å²) >= 11 is 5.67. The largest absolute Gasteiger partial charge is 0.367 e. The zero-order valence-corrected chi connectivity index (χ0v) is 7.93. The van der Waals surface area contributed by atoms with Gasteiger partial charge in [-0.25, -0.2) is 4.98 Å². The van der Waals surface area contributed by atoms with Gasteiger partial charge in [-0.2, -0.15) is 0 Å². The molecule has 0 fully saturated rings. The summed E-state index contributed by atoms with van der Waals surface area (Å²) in [4.78, 5) is 17.2. The molecule has 0 aliphatic heterocycles. The molecule has 1 heterocycles. The number of hydrogen-bond acceptors (Lipinski definition) is 4. The van der Waals surface area contributed by atoms with Crippen LogP contribution in [0.4, 0.5) is 5.82 Å². The van der Waals surface area contributed by atoms with Crippen LogP contribution in [-0.2, 0) is 0 Å². The number of halogens is 1. The van der Waals surface area contributed by atoms with Crippen LogP contribution in [0.5, 0.6) is 0 Å². The van der Waals surface area contributed by atoms with E-state index >= 15 is 0 Å². The molecule has 0 spiro atoms. The van der Waals surface area contributed by atoms with E-state index in [-0.39, 0.29) is 16.6 Å². The van der Waals surface area contributed by atoms with E-state index < -0.39 is 0 Å². The fraction of sp³-hybridized carbons (Fsp3) is 0.429. The molecule has 0 bridgehead atoms. The van der Waals surface area contributed by atoms with Gasteiger partial charge in [0, 0.05) is 12.6 Å². The van der Waals surface area contributed by atoms with Gasteiger partial charge < -0.3 is 16.0 Å². The van der Waals surface area contributed by atoms with E-state index in [1.165, 1.54) is 6.33 Å². The fourth-order valence-electron chi connectivity index (χ4n) is 0.764. The maximum Gasteiger partial charge on any atom is 0.271 e. The zero-order valence-electron chi connectivity index (χ0n) is 7.17. The van der Waals surface area contributed by atoms with E-state index in [0.717, 1.165) is 0 Å². The first kappa shape index (κ1) is 10.0. The highest BCUT2D eigenvalue weighted by Gasteiger charge is 2.04. The van der Waals surface area contributed by atoms with Gasteiger partial charge in [-0.05, 0) is 6.92 Å². The quantitative estimate of drug-likeness (QED) is 0.653. The van der Waals surface area contributed by atoms with Crippen molar-refractivity contribution >= 4 is 17.4 Å².